The molecule has 3 aromatic rings. The number of aliphatic carboxylic acids is 1. The summed E-state index contributed by atoms with van der Waals surface area (Å²) in [5, 5.41) is 20.1. The number of benzene rings is 2. The van der Waals surface area contributed by atoms with Crippen LogP contribution in [0.15, 0.2) is 53.3 Å². The average Bonchev–Trinajstić information content (AvgIpc) is 2.57. The smallest absolute Gasteiger partial charge is 0.323 e. The van der Waals surface area contributed by atoms with Crippen LogP contribution in [0.2, 0.25) is 0 Å². The van der Waals surface area contributed by atoms with Crippen molar-refractivity contribution in [3.8, 4) is 11.4 Å². The van der Waals surface area contributed by atoms with E-state index in [0.717, 1.165) is 4.57 Å². The largest absolute Gasteiger partial charge is 0.480 e. The van der Waals surface area contributed by atoms with Gasteiger partial charge in [-0.15, -0.1) is 0 Å². The lowest BCUT2D eigenvalue weighted by Gasteiger charge is -2.11. The van der Waals surface area contributed by atoms with E-state index in [4.69, 9.17) is 5.11 Å². The Morgan fingerprint density at radius 1 is 1.21 bits per heavy atom. The van der Waals surface area contributed by atoms with E-state index in [1.165, 1.54) is 18.2 Å². The maximum absolute atomic E-state index is 12.6. The van der Waals surface area contributed by atoms with Gasteiger partial charge in [0.1, 0.15) is 12.4 Å². The molecular formula is C16H11N3O5. The van der Waals surface area contributed by atoms with Crippen molar-refractivity contribution in [2.45, 2.75) is 6.54 Å². The molecule has 0 aliphatic carbocycles. The van der Waals surface area contributed by atoms with Crippen molar-refractivity contribution in [1.29, 1.82) is 0 Å². The van der Waals surface area contributed by atoms with Crippen LogP contribution >= 0.6 is 0 Å². The van der Waals surface area contributed by atoms with E-state index >= 15 is 0 Å². The predicted molar refractivity (Wildman–Crippen MR) is 85.7 cm³/mol. The lowest BCUT2D eigenvalue weighted by atomic mass is 10.1. The maximum atomic E-state index is 12.6. The number of hydrogen-bond donors (Lipinski definition) is 1. The normalized spacial score (nSPS) is 10.7. The van der Waals surface area contributed by atoms with Crippen LogP contribution in [0.25, 0.3) is 22.3 Å². The van der Waals surface area contributed by atoms with Crippen LogP contribution in [0.1, 0.15) is 0 Å². The van der Waals surface area contributed by atoms with Crippen LogP contribution in [-0.4, -0.2) is 25.6 Å². The van der Waals surface area contributed by atoms with E-state index in [-0.39, 0.29) is 22.4 Å². The molecule has 0 fully saturated rings. The van der Waals surface area contributed by atoms with E-state index < -0.39 is 23.0 Å². The molecule has 0 radical (unpaired) electrons. The molecule has 8 heteroatoms. The lowest BCUT2D eigenvalue weighted by molar-refractivity contribution is -0.384. The van der Waals surface area contributed by atoms with Gasteiger partial charge >= 0.3 is 5.97 Å². The first-order valence-electron chi connectivity index (χ1n) is 6.93. The van der Waals surface area contributed by atoms with E-state index in [1.807, 2.05) is 0 Å². The molecule has 0 bridgehead atoms. The van der Waals surface area contributed by atoms with E-state index in [1.54, 1.807) is 30.3 Å². The summed E-state index contributed by atoms with van der Waals surface area (Å²) in [6, 6.07) is 12.3. The van der Waals surface area contributed by atoms with Gasteiger partial charge in [0.25, 0.3) is 11.2 Å². The highest BCUT2D eigenvalue weighted by molar-refractivity contribution is 5.82. The van der Waals surface area contributed by atoms with Gasteiger partial charge in [-0.2, -0.15) is 0 Å². The number of hydrogen-bond acceptors (Lipinski definition) is 5. The summed E-state index contributed by atoms with van der Waals surface area (Å²) in [6.45, 7) is -0.553. The summed E-state index contributed by atoms with van der Waals surface area (Å²) in [7, 11) is 0. The molecule has 0 atom stereocenters. The number of aromatic nitrogens is 2. The van der Waals surface area contributed by atoms with Gasteiger partial charge in [-0.05, 0) is 6.07 Å². The summed E-state index contributed by atoms with van der Waals surface area (Å²) in [4.78, 5) is 38.4. The minimum atomic E-state index is -1.18. The third-order valence-electron chi connectivity index (χ3n) is 3.48. The number of rotatable bonds is 4. The van der Waals surface area contributed by atoms with Crippen molar-refractivity contribution in [2.75, 3.05) is 0 Å². The number of nitro benzene ring substituents is 1. The van der Waals surface area contributed by atoms with E-state index in [0.29, 0.717) is 5.56 Å². The number of carboxylic acid groups (broad SMARTS) is 1. The second kappa shape index (κ2) is 5.92. The molecule has 0 spiro atoms. The van der Waals surface area contributed by atoms with Crippen LogP contribution in [0.5, 0.6) is 0 Å². The maximum Gasteiger partial charge on any atom is 0.323 e. The van der Waals surface area contributed by atoms with E-state index in [2.05, 4.69) is 4.98 Å². The molecule has 0 unspecified atom stereocenters. The van der Waals surface area contributed by atoms with Gasteiger partial charge in [0.2, 0.25) is 0 Å². The summed E-state index contributed by atoms with van der Waals surface area (Å²) in [6.07, 6.45) is 0. The first-order valence-corrected chi connectivity index (χ1v) is 6.93. The number of nitro groups is 1. The Labute approximate surface area is 134 Å². The number of carbonyl (C=O) groups is 1. The van der Waals surface area contributed by atoms with Crippen molar-refractivity contribution in [3.63, 3.8) is 0 Å². The fourth-order valence-corrected chi connectivity index (χ4v) is 2.41. The molecule has 24 heavy (non-hydrogen) atoms. The van der Waals surface area contributed by atoms with Crippen LogP contribution in [-0.2, 0) is 11.3 Å². The molecule has 2 aromatic carbocycles. The highest BCUT2D eigenvalue weighted by Crippen LogP contribution is 2.21. The zero-order valence-electron chi connectivity index (χ0n) is 12.2. The summed E-state index contributed by atoms with van der Waals surface area (Å²) in [5.74, 6) is -1.03. The van der Waals surface area contributed by atoms with Gasteiger partial charge in [-0.1, -0.05) is 30.3 Å². The van der Waals surface area contributed by atoms with Crippen LogP contribution in [0.4, 0.5) is 5.69 Å². The van der Waals surface area contributed by atoms with Gasteiger partial charge in [-0.3, -0.25) is 24.3 Å². The fraction of sp³-hybridized carbons (Fsp3) is 0.0625. The van der Waals surface area contributed by atoms with Crippen molar-refractivity contribution >= 4 is 22.6 Å². The standard InChI is InChI=1S/C16H11N3O5/c20-14(21)9-18-15(10-4-2-1-3-5-10)17-13-8-11(19(23)24)6-7-12(13)16(18)22/h1-8H,9H2,(H,20,21). The second-order valence-electron chi connectivity index (χ2n) is 5.05. The molecule has 0 saturated heterocycles. The Morgan fingerprint density at radius 2 is 1.92 bits per heavy atom. The Bertz CT molecular complexity index is 1010. The molecule has 0 aliphatic heterocycles. The number of carboxylic acids is 1. The molecule has 1 heterocycles. The zero-order valence-corrected chi connectivity index (χ0v) is 12.2. The SMILES string of the molecule is O=C(O)Cn1c(-c2ccccc2)nc2cc([N+](=O)[O-])ccc2c1=O. The predicted octanol–water partition coefficient (Wildman–Crippen LogP) is 2.06. The fourth-order valence-electron chi connectivity index (χ4n) is 2.41. The molecule has 120 valence electrons. The first kappa shape index (κ1) is 15.3. The van der Waals surface area contributed by atoms with Gasteiger partial charge in [-0.25, -0.2) is 4.98 Å². The second-order valence-corrected chi connectivity index (χ2v) is 5.05. The van der Waals surface area contributed by atoms with Gasteiger partial charge < -0.3 is 5.11 Å². The molecule has 0 aliphatic rings. The van der Waals surface area contributed by atoms with Crippen molar-refractivity contribution in [1.82, 2.24) is 9.55 Å². The molecule has 8 nitrogen and oxygen atoms in total. The summed E-state index contributed by atoms with van der Waals surface area (Å²) < 4.78 is 1.05. The van der Waals surface area contributed by atoms with Crippen LogP contribution in [0.3, 0.4) is 0 Å². The number of nitrogens with zero attached hydrogens (tertiary/aromatic N) is 3. The third kappa shape index (κ3) is 2.72. The Morgan fingerprint density at radius 3 is 2.54 bits per heavy atom. The minimum absolute atomic E-state index is 0.126. The lowest BCUT2D eigenvalue weighted by Crippen LogP contribution is -2.27. The van der Waals surface area contributed by atoms with Crippen molar-refractivity contribution in [2.24, 2.45) is 0 Å². The van der Waals surface area contributed by atoms with Crippen LogP contribution in [0, 0.1) is 10.1 Å². The quantitative estimate of drug-likeness (QED) is 0.580. The van der Waals surface area contributed by atoms with Crippen molar-refractivity contribution in [3.05, 3.63) is 69.0 Å². The zero-order chi connectivity index (χ0) is 17.3. The van der Waals surface area contributed by atoms with Gasteiger partial charge in [0, 0.05) is 17.7 Å². The van der Waals surface area contributed by atoms with Gasteiger partial charge in [0.05, 0.1) is 15.8 Å². The Balaban J connectivity index is 2.36. The average molecular weight is 325 g/mol. The topological polar surface area (TPSA) is 115 Å². The minimum Gasteiger partial charge on any atom is -0.480 e. The monoisotopic (exact) mass is 325 g/mol. The highest BCUT2D eigenvalue weighted by Gasteiger charge is 2.17. The molecule has 1 N–H and O–H groups in total. The summed E-state index contributed by atoms with van der Waals surface area (Å²) in [5.41, 5.74) is -0.0560. The molecule has 1 aromatic heterocycles. The molecule has 0 amide bonds. The first-order chi connectivity index (χ1) is 11.5. The van der Waals surface area contributed by atoms with E-state index in [9.17, 15) is 19.7 Å². The Kier molecular flexibility index (Phi) is 3.78. The highest BCUT2D eigenvalue weighted by atomic mass is 16.6. The summed E-state index contributed by atoms with van der Waals surface area (Å²) >= 11 is 0. The van der Waals surface area contributed by atoms with Gasteiger partial charge in [0.15, 0.2) is 0 Å². The third-order valence-corrected chi connectivity index (χ3v) is 3.48. The molecular weight excluding hydrogens is 314 g/mol. The van der Waals surface area contributed by atoms with Crippen LogP contribution < -0.4 is 5.56 Å². The molecule has 0 saturated carbocycles. The Hall–Kier alpha value is -3.55. The number of non-ortho nitro benzene ring substituents is 1. The van der Waals surface area contributed by atoms with Crippen molar-refractivity contribution < 1.29 is 14.8 Å². The molecule has 3 rings (SSSR count). The number of fused-ring (bicyclic) bond motifs is 1.